The van der Waals surface area contributed by atoms with Gasteiger partial charge in [-0.05, 0) is 38.3 Å². The van der Waals surface area contributed by atoms with E-state index in [9.17, 15) is 0 Å². The van der Waals surface area contributed by atoms with E-state index in [1.165, 1.54) is 24.0 Å². The zero-order valence-corrected chi connectivity index (χ0v) is 11.4. The lowest BCUT2D eigenvalue weighted by Gasteiger charge is -2.12. The van der Waals surface area contributed by atoms with Gasteiger partial charge in [0.25, 0.3) is 0 Å². The largest absolute Gasteiger partial charge is 0.314 e. The van der Waals surface area contributed by atoms with E-state index in [1.54, 1.807) is 0 Å². The topological polar surface area (TPSA) is 29.9 Å². The Labute approximate surface area is 114 Å². The second-order valence-corrected chi connectivity index (χ2v) is 5.44. The number of nitrogens with zero attached hydrogens (tertiary/aromatic N) is 2. The predicted molar refractivity (Wildman–Crippen MR) is 78.0 cm³/mol. The molecule has 3 heteroatoms. The summed E-state index contributed by atoms with van der Waals surface area (Å²) < 4.78 is 2.08. The average molecular weight is 255 g/mol. The molecule has 19 heavy (non-hydrogen) atoms. The second kappa shape index (κ2) is 5.57. The fourth-order valence-electron chi connectivity index (χ4n) is 2.27. The molecule has 2 aromatic rings. The van der Waals surface area contributed by atoms with Gasteiger partial charge in [0.05, 0.1) is 12.2 Å². The van der Waals surface area contributed by atoms with Crippen molar-refractivity contribution < 1.29 is 0 Å². The van der Waals surface area contributed by atoms with Crippen molar-refractivity contribution in [1.29, 1.82) is 0 Å². The molecule has 1 atom stereocenters. The maximum atomic E-state index is 4.49. The van der Waals surface area contributed by atoms with Crippen molar-refractivity contribution in [2.24, 2.45) is 0 Å². The van der Waals surface area contributed by atoms with Gasteiger partial charge in [-0.3, -0.25) is 4.68 Å². The minimum absolute atomic E-state index is 0.448. The Kier molecular flexibility index (Phi) is 3.65. The molecule has 3 rings (SSSR count). The molecule has 1 N–H and O–H groups in total. The third kappa shape index (κ3) is 3.24. The highest BCUT2D eigenvalue weighted by atomic mass is 15.3. The number of nitrogens with one attached hydrogen (secondary N) is 1. The Hall–Kier alpha value is -1.61. The van der Waals surface area contributed by atoms with Crippen LogP contribution in [0.15, 0.2) is 42.7 Å². The lowest BCUT2D eigenvalue weighted by Crippen LogP contribution is -2.20. The molecule has 100 valence electrons. The third-order valence-corrected chi connectivity index (χ3v) is 3.73. The Morgan fingerprint density at radius 3 is 2.79 bits per heavy atom. The van der Waals surface area contributed by atoms with Crippen LogP contribution in [-0.4, -0.2) is 22.4 Å². The Morgan fingerprint density at radius 2 is 2.05 bits per heavy atom. The molecular weight excluding hydrogens is 234 g/mol. The van der Waals surface area contributed by atoms with Crippen LogP contribution in [0.2, 0.25) is 0 Å². The maximum Gasteiger partial charge on any atom is 0.0568 e. The summed E-state index contributed by atoms with van der Waals surface area (Å²) in [7, 11) is 0. The predicted octanol–water partition coefficient (Wildman–Crippen LogP) is 3.25. The number of rotatable bonds is 6. The SMILES string of the molecule is CC(CCNC1CC1)n1cc(-c2ccccc2)cn1. The van der Waals surface area contributed by atoms with Crippen molar-refractivity contribution in [2.45, 2.75) is 38.3 Å². The molecule has 1 unspecified atom stereocenters. The standard InChI is InChI=1S/C16H21N3/c1-13(9-10-17-16-7-8-16)19-12-15(11-18-19)14-5-3-2-4-6-14/h2-6,11-13,16-17H,7-10H2,1H3. The van der Waals surface area contributed by atoms with Crippen LogP contribution in [-0.2, 0) is 0 Å². The number of aromatic nitrogens is 2. The average Bonchev–Trinajstić information content (AvgIpc) is 3.13. The minimum Gasteiger partial charge on any atom is -0.314 e. The Balaban J connectivity index is 1.60. The highest BCUT2D eigenvalue weighted by molar-refractivity contribution is 5.61. The van der Waals surface area contributed by atoms with E-state index >= 15 is 0 Å². The van der Waals surface area contributed by atoms with E-state index in [0.29, 0.717) is 6.04 Å². The fourth-order valence-corrected chi connectivity index (χ4v) is 2.27. The summed E-state index contributed by atoms with van der Waals surface area (Å²) in [6.07, 6.45) is 7.95. The van der Waals surface area contributed by atoms with Crippen LogP contribution in [0.3, 0.4) is 0 Å². The smallest absolute Gasteiger partial charge is 0.0568 e. The first kappa shape index (κ1) is 12.4. The molecule has 1 fully saturated rings. The molecule has 0 aliphatic heterocycles. The first-order valence-electron chi connectivity index (χ1n) is 7.16. The van der Waals surface area contributed by atoms with Gasteiger partial charge in [-0.25, -0.2) is 0 Å². The van der Waals surface area contributed by atoms with Gasteiger partial charge in [0.15, 0.2) is 0 Å². The molecule has 0 bridgehead atoms. The molecule has 1 saturated carbocycles. The van der Waals surface area contributed by atoms with Gasteiger partial charge in [-0.2, -0.15) is 5.10 Å². The van der Waals surface area contributed by atoms with Gasteiger partial charge in [0.1, 0.15) is 0 Å². The maximum absolute atomic E-state index is 4.49. The van der Waals surface area contributed by atoms with Crippen molar-refractivity contribution in [3.8, 4) is 11.1 Å². The fraction of sp³-hybridized carbons (Fsp3) is 0.438. The van der Waals surface area contributed by atoms with Gasteiger partial charge in [-0.15, -0.1) is 0 Å². The monoisotopic (exact) mass is 255 g/mol. The first-order valence-corrected chi connectivity index (χ1v) is 7.16. The quantitative estimate of drug-likeness (QED) is 0.858. The number of benzene rings is 1. The van der Waals surface area contributed by atoms with Gasteiger partial charge in [-0.1, -0.05) is 30.3 Å². The number of hydrogen-bond acceptors (Lipinski definition) is 2. The van der Waals surface area contributed by atoms with E-state index in [4.69, 9.17) is 0 Å². The van der Waals surface area contributed by atoms with Crippen LogP contribution in [0.4, 0.5) is 0 Å². The van der Waals surface area contributed by atoms with Gasteiger partial charge in [0, 0.05) is 17.8 Å². The van der Waals surface area contributed by atoms with Crippen molar-refractivity contribution >= 4 is 0 Å². The summed E-state index contributed by atoms with van der Waals surface area (Å²) >= 11 is 0. The van der Waals surface area contributed by atoms with Crippen molar-refractivity contribution in [3.63, 3.8) is 0 Å². The minimum atomic E-state index is 0.448. The molecule has 0 saturated heterocycles. The summed E-state index contributed by atoms with van der Waals surface area (Å²) in [4.78, 5) is 0. The summed E-state index contributed by atoms with van der Waals surface area (Å²) in [6, 6.07) is 11.7. The van der Waals surface area contributed by atoms with Crippen LogP contribution in [0.5, 0.6) is 0 Å². The highest BCUT2D eigenvalue weighted by Crippen LogP contribution is 2.21. The van der Waals surface area contributed by atoms with E-state index in [2.05, 4.69) is 52.5 Å². The van der Waals surface area contributed by atoms with Crippen LogP contribution in [0.25, 0.3) is 11.1 Å². The molecule has 1 aromatic carbocycles. The second-order valence-electron chi connectivity index (χ2n) is 5.44. The molecule has 0 amide bonds. The van der Waals surface area contributed by atoms with Crippen LogP contribution in [0.1, 0.15) is 32.2 Å². The van der Waals surface area contributed by atoms with E-state index in [-0.39, 0.29) is 0 Å². The molecule has 3 nitrogen and oxygen atoms in total. The van der Waals surface area contributed by atoms with Crippen LogP contribution >= 0.6 is 0 Å². The van der Waals surface area contributed by atoms with Gasteiger partial charge >= 0.3 is 0 Å². The Bertz CT molecular complexity index is 514. The van der Waals surface area contributed by atoms with Gasteiger partial charge < -0.3 is 5.32 Å². The molecule has 1 aliphatic carbocycles. The molecule has 1 aliphatic rings. The third-order valence-electron chi connectivity index (χ3n) is 3.73. The summed E-state index contributed by atoms with van der Waals surface area (Å²) in [6.45, 7) is 3.32. The van der Waals surface area contributed by atoms with Crippen LogP contribution < -0.4 is 5.32 Å². The molecular formula is C16H21N3. The summed E-state index contributed by atoms with van der Waals surface area (Å²) in [5.74, 6) is 0. The molecule has 1 heterocycles. The number of hydrogen-bond donors (Lipinski definition) is 1. The molecule has 1 aromatic heterocycles. The Morgan fingerprint density at radius 1 is 1.26 bits per heavy atom. The molecule has 0 radical (unpaired) electrons. The zero-order chi connectivity index (χ0) is 13.1. The van der Waals surface area contributed by atoms with Gasteiger partial charge in [0.2, 0.25) is 0 Å². The molecule has 0 spiro atoms. The normalized spacial score (nSPS) is 16.5. The van der Waals surface area contributed by atoms with Crippen molar-refractivity contribution in [2.75, 3.05) is 6.54 Å². The highest BCUT2D eigenvalue weighted by Gasteiger charge is 2.20. The zero-order valence-electron chi connectivity index (χ0n) is 11.4. The van der Waals surface area contributed by atoms with Crippen LogP contribution in [0, 0.1) is 0 Å². The van der Waals surface area contributed by atoms with E-state index in [0.717, 1.165) is 19.0 Å². The lowest BCUT2D eigenvalue weighted by atomic mass is 10.1. The van der Waals surface area contributed by atoms with E-state index in [1.807, 2.05) is 12.3 Å². The van der Waals surface area contributed by atoms with Crippen molar-refractivity contribution in [3.05, 3.63) is 42.7 Å². The summed E-state index contributed by atoms with van der Waals surface area (Å²) in [5, 5.41) is 8.05. The van der Waals surface area contributed by atoms with Crippen molar-refractivity contribution in [1.82, 2.24) is 15.1 Å². The summed E-state index contributed by atoms with van der Waals surface area (Å²) in [5.41, 5.74) is 2.43. The first-order chi connectivity index (χ1) is 9.33. The van der Waals surface area contributed by atoms with E-state index < -0.39 is 0 Å². The lowest BCUT2D eigenvalue weighted by molar-refractivity contribution is 0.443.